The van der Waals surface area contributed by atoms with Gasteiger partial charge in [0.25, 0.3) is 0 Å². The first-order valence-corrected chi connectivity index (χ1v) is 6.34. The van der Waals surface area contributed by atoms with E-state index in [4.69, 9.17) is 9.26 Å². The van der Waals surface area contributed by atoms with Crippen molar-refractivity contribution >= 4 is 5.97 Å². The maximum atomic E-state index is 12.1. The van der Waals surface area contributed by atoms with E-state index in [0.717, 1.165) is 22.7 Å². The van der Waals surface area contributed by atoms with Gasteiger partial charge in [-0.1, -0.05) is 11.7 Å². The van der Waals surface area contributed by atoms with E-state index in [-0.39, 0.29) is 12.6 Å². The van der Waals surface area contributed by atoms with Crippen molar-refractivity contribution in [2.75, 3.05) is 6.61 Å². The lowest BCUT2D eigenvalue weighted by Crippen LogP contribution is -2.08. The van der Waals surface area contributed by atoms with E-state index in [1.807, 2.05) is 38.3 Å². The minimum absolute atomic E-state index is 0.228. The molecular weight excluding hydrogens is 256 g/mol. The number of hydrogen-bond acceptors (Lipinski definition) is 4. The van der Waals surface area contributed by atoms with E-state index in [1.54, 1.807) is 6.07 Å². The average Bonchev–Trinajstić information content (AvgIpc) is 2.90. The predicted molar refractivity (Wildman–Crippen MR) is 75.1 cm³/mol. The number of carbonyl (C=O) groups excluding carboxylic acids is 1. The normalized spacial score (nSPS) is 10.6. The zero-order valence-electron chi connectivity index (χ0n) is 12.2. The van der Waals surface area contributed by atoms with Gasteiger partial charge in [-0.2, -0.15) is 0 Å². The fourth-order valence-corrected chi connectivity index (χ4v) is 2.05. The Morgan fingerprint density at radius 1 is 1.40 bits per heavy atom. The van der Waals surface area contributed by atoms with Crippen LogP contribution in [0.25, 0.3) is 5.82 Å². The zero-order valence-corrected chi connectivity index (χ0v) is 12.2. The van der Waals surface area contributed by atoms with Crippen LogP contribution in [-0.4, -0.2) is 22.3 Å². The molecule has 0 aliphatic heterocycles. The molecule has 0 radical (unpaired) electrons. The topological polar surface area (TPSA) is 57.3 Å². The molecule has 0 unspecified atom stereocenters. The van der Waals surface area contributed by atoms with E-state index in [1.165, 1.54) is 0 Å². The standard InChI is InChI=1S/C15H18N2O3/c1-9(2)8-19-15(18)13-6-10(3)17(12(13)5)14-7-11(4)20-16-14/h6-7H,1,8H2,2-5H3. The van der Waals surface area contributed by atoms with Crippen molar-refractivity contribution < 1.29 is 14.1 Å². The van der Waals surface area contributed by atoms with E-state index >= 15 is 0 Å². The van der Waals surface area contributed by atoms with Crippen LogP contribution in [-0.2, 0) is 4.74 Å². The molecule has 2 aromatic rings. The first-order valence-electron chi connectivity index (χ1n) is 6.34. The third-order valence-corrected chi connectivity index (χ3v) is 2.95. The third-order valence-electron chi connectivity index (χ3n) is 2.95. The van der Waals surface area contributed by atoms with Crippen LogP contribution in [0.2, 0.25) is 0 Å². The predicted octanol–water partition coefficient (Wildman–Crippen LogP) is 3.12. The number of carbonyl (C=O) groups is 1. The maximum Gasteiger partial charge on any atom is 0.340 e. The van der Waals surface area contributed by atoms with Crippen LogP contribution >= 0.6 is 0 Å². The van der Waals surface area contributed by atoms with Gasteiger partial charge < -0.3 is 9.26 Å². The molecule has 0 aliphatic rings. The molecule has 20 heavy (non-hydrogen) atoms. The highest BCUT2D eigenvalue weighted by Crippen LogP contribution is 2.21. The lowest BCUT2D eigenvalue weighted by molar-refractivity contribution is 0.0539. The molecule has 0 amide bonds. The molecule has 0 aromatic carbocycles. The van der Waals surface area contributed by atoms with Gasteiger partial charge in [-0.05, 0) is 39.3 Å². The Kier molecular flexibility index (Phi) is 3.79. The Labute approximate surface area is 117 Å². The van der Waals surface area contributed by atoms with Crippen molar-refractivity contribution in [3.8, 4) is 5.82 Å². The molecule has 0 fully saturated rings. The minimum Gasteiger partial charge on any atom is -0.458 e. The second kappa shape index (κ2) is 5.36. The minimum atomic E-state index is -0.354. The second-order valence-corrected chi connectivity index (χ2v) is 4.95. The summed E-state index contributed by atoms with van der Waals surface area (Å²) < 4.78 is 12.1. The SMILES string of the molecule is C=C(C)COC(=O)c1cc(C)n(-c2cc(C)on2)c1C. The van der Waals surface area contributed by atoms with Crippen LogP contribution in [0, 0.1) is 20.8 Å². The van der Waals surface area contributed by atoms with E-state index in [0.29, 0.717) is 11.4 Å². The van der Waals surface area contributed by atoms with Gasteiger partial charge in [0.05, 0.1) is 5.56 Å². The summed E-state index contributed by atoms with van der Waals surface area (Å²) in [4.78, 5) is 12.1. The summed E-state index contributed by atoms with van der Waals surface area (Å²) in [5.41, 5.74) is 3.02. The molecular formula is C15H18N2O3. The lowest BCUT2D eigenvalue weighted by Gasteiger charge is -2.06. The van der Waals surface area contributed by atoms with Crippen LogP contribution in [0.1, 0.15) is 34.4 Å². The Morgan fingerprint density at radius 2 is 2.10 bits per heavy atom. The fourth-order valence-electron chi connectivity index (χ4n) is 2.05. The number of aryl methyl sites for hydroxylation is 2. The Bertz CT molecular complexity index is 665. The molecule has 0 saturated carbocycles. The molecule has 0 aliphatic carbocycles. The van der Waals surface area contributed by atoms with E-state index in [2.05, 4.69) is 11.7 Å². The summed E-state index contributed by atoms with van der Waals surface area (Å²) in [5.74, 6) is 1.03. The molecule has 0 spiro atoms. The molecule has 0 N–H and O–H groups in total. The van der Waals surface area contributed by atoms with Crippen molar-refractivity contribution in [3.05, 3.63) is 47.0 Å². The highest BCUT2D eigenvalue weighted by Gasteiger charge is 2.19. The molecule has 0 atom stereocenters. The van der Waals surface area contributed by atoms with Crippen molar-refractivity contribution in [2.24, 2.45) is 0 Å². The highest BCUT2D eigenvalue weighted by molar-refractivity contribution is 5.91. The van der Waals surface area contributed by atoms with E-state index in [9.17, 15) is 4.79 Å². The van der Waals surface area contributed by atoms with Gasteiger partial charge >= 0.3 is 5.97 Å². The number of hydrogen-bond donors (Lipinski definition) is 0. The number of nitrogens with zero attached hydrogens (tertiary/aromatic N) is 2. The molecule has 2 aromatic heterocycles. The largest absolute Gasteiger partial charge is 0.458 e. The molecule has 5 heteroatoms. The molecule has 0 bridgehead atoms. The van der Waals surface area contributed by atoms with Gasteiger partial charge in [0, 0.05) is 17.5 Å². The Balaban J connectivity index is 2.34. The van der Waals surface area contributed by atoms with Gasteiger partial charge in [0.2, 0.25) is 0 Å². The first-order chi connectivity index (χ1) is 9.40. The van der Waals surface area contributed by atoms with Gasteiger partial charge in [-0.25, -0.2) is 4.79 Å². The van der Waals surface area contributed by atoms with Crippen molar-refractivity contribution in [3.63, 3.8) is 0 Å². The molecule has 2 heterocycles. The fraction of sp³-hybridized carbons (Fsp3) is 0.333. The summed E-state index contributed by atoms with van der Waals surface area (Å²) in [6.07, 6.45) is 0. The molecule has 0 saturated heterocycles. The highest BCUT2D eigenvalue weighted by atomic mass is 16.5. The first kappa shape index (κ1) is 14.1. The van der Waals surface area contributed by atoms with Crippen LogP contribution in [0.3, 0.4) is 0 Å². The van der Waals surface area contributed by atoms with Gasteiger partial charge in [-0.3, -0.25) is 4.57 Å². The quantitative estimate of drug-likeness (QED) is 0.635. The molecule has 2 rings (SSSR count). The number of ether oxygens (including phenoxy) is 1. The van der Waals surface area contributed by atoms with Gasteiger partial charge in [-0.15, -0.1) is 0 Å². The van der Waals surface area contributed by atoms with E-state index < -0.39 is 0 Å². The summed E-state index contributed by atoms with van der Waals surface area (Å²) in [7, 11) is 0. The smallest absolute Gasteiger partial charge is 0.340 e. The van der Waals surface area contributed by atoms with Crippen LogP contribution in [0.5, 0.6) is 0 Å². The zero-order chi connectivity index (χ0) is 14.9. The van der Waals surface area contributed by atoms with Crippen LogP contribution in [0.15, 0.2) is 28.8 Å². The van der Waals surface area contributed by atoms with Gasteiger partial charge in [0.15, 0.2) is 5.82 Å². The van der Waals surface area contributed by atoms with Crippen molar-refractivity contribution in [1.82, 2.24) is 9.72 Å². The van der Waals surface area contributed by atoms with Gasteiger partial charge in [0.1, 0.15) is 12.4 Å². The number of esters is 1. The van der Waals surface area contributed by atoms with Crippen molar-refractivity contribution in [2.45, 2.75) is 27.7 Å². The van der Waals surface area contributed by atoms with Crippen LogP contribution < -0.4 is 0 Å². The number of rotatable bonds is 4. The monoisotopic (exact) mass is 274 g/mol. The summed E-state index contributed by atoms with van der Waals surface area (Å²) in [6, 6.07) is 3.61. The molecule has 5 nitrogen and oxygen atoms in total. The van der Waals surface area contributed by atoms with Crippen LogP contribution in [0.4, 0.5) is 0 Å². The Hall–Kier alpha value is -2.30. The summed E-state index contributed by atoms with van der Waals surface area (Å²) >= 11 is 0. The third kappa shape index (κ3) is 2.66. The maximum absolute atomic E-state index is 12.1. The second-order valence-electron chi connectivity index (χ2n) is 4.95. The summed E-state index contributed by atoms with van der Waals surface area (Å²) in [5, 5.41) is 3.98. The van der Waals surface area contributed by atoms with Crippen molar-refractivity contribution in [1.29, 1.82) is 0 Å². The number of aromatic nitrogens is 2. The Morgan fingerprint density at radius 3 is 2.65 bits per heavy atom. The lowest BCUT2D eigenvalue weighted by atomic mass is 10.2. The summed E-state index contributed by atoms with van der Waals surface area (Å²) in [6.45, 7) is 11.3. The molecule has 106 valence electrons. The average molecular weight is 274 g/mol.